The fourth-order valence-electron chi connectivity index (χ4n) is 9.65. The molecule has 0 radical (unpaired) electrons. The Morgan fingerprint density at radius 2 is 1.08 bits per heavy atom. The van der Waals surface area contributed by atoms with Crippen molar-refractivity contribution in [2.45, 2.75) is 161 Å². The summed E-state index contributed by atoms with van der Waals surface area (Å²) in [7, 11) is 0. The van der Waals surface area contributed by atoms with E-state index in [1.807, 2.05) is 6.07 Å². The number of unbranched alkanes of at least 4 members (excludes halogenated alkanes) is 2. The highest BCUT2D eigenvalue weighted by molar-refractivity contribution is 5.30. The van der Waals surface area contributed by atoms with Crippen molar-refractivity contribution in [3.8, 4) is 0 Å². The Morgan fingerprint density at radius 3 is 1.58 bits per heavy atom. The van der Waals surface area contributed by atoms with Crippen LogP contribution in [0.15, 0.2) is 18.2 Å². The molecule has 0 aromatic heterocycles. The van der Waals surface area contributed by atoms with Gasteiger partial charge in [-0.25, -0.2) is 4.39 Å². The smallest absolute Gasteiger partial charge is 0.126 e. The van der Waals surface area contributed by atoms with Gasteiger partial charge in [-0.1, -0.05) is 83.8 Å². The first-order valence-electron chi connectivity index (χ1n) is 17.4. The fourth-order valence-corrected chi connectivity index (χ4v) is 9.65. The summed E-state index contributed by atoms with van der Waals surface area (Å²) in [5, 5.41) is 0. The number of rotatable bonds is 9. The predicted molar refractivity (Wildman–Crippen MR) is 161 cm³/mol. The molecule has 0 heterocycles. The van der Waals surface area contributed by atoms with Crippen molar-refractivity contribution in [3.63, 3.8) is 0 Å². The maximum atomic E-state index is 15.4. The van der Waals surface area contributed by atoms with Crippen molar-refractivity contribution >= 4 is 0 Å². The van der Waals surface area contributed by atoms with Crippen LogP contribution in [0.25, 0.3) is 0 Å². The molecule has 0 bridgehead atoms. The molecule has 1 aromatic rings. The Bertz CT molecular complexity index is 811. The third-order valence-electron chi connectivity index (χ3n) is 12.4. The van der Waals surface area contributed by atoms with Crippen LogP contribution in [0.4, 0.5) is 4.39 Å². The monoisotopic (exact) mass is 522 g/mol. The summed E-state index contributed by atoms with van der Waals surface area (Å²) in [6, 6.07) is 6.48. The van der Waals surface area contributed by atoms with Gasteiger partial charge < -0.3 is 0 Å². The maximum absolute atomic E-state index is 15.4. The van der Waals surface area contributed by atoms with Crippen LogP contribution in [-0.4, -0.2) is 0 Å². The Kier molecular flexibility index (Phi) is 10.7. The molecule has 1 heteroatoms. The van der Waals surface area contributed by atoms with Crippen LogP contribution in [0, 0.1) is 41.3 Å². The Morgan fingerprint density at radius 1 is 0.579 bits per heavy atom. The molecular weight excluding hydrogens is 463 g/mol. The third kappa shape index (κ3) is 7.26. The lowest BCUT2D eigenvalue weighted by molar-refractivity contribution is 0.155. The first-order valence-corrected chi connectivity index (χ1v) is 17.4. The molecule has 0 N–H and O–H groups in total. The molecule has 0 atom stereocenters. The lowest BCUT2D eigenvalue weighted by atomic mass is 9.67. The van der Waals surface area contributed by atoms with E-state index in [1.165, 1.54) is 140 Å². The van der Waals surface area contributed by atoms with Crippen LogP contribution >= 0.6 is 0 Å². The Hall–Kier alpha value is -0.850. The minimum absolute atomic E-state index is 0.109. The molecule has 38 heavy (non-hydrogen) atoms. The van der Waals surface area contributed by atoms with Crippen LogP contribution in [-0.2, 0) is 0 Å². The number of hydrogen-bond donors (Lipinski definition) is 0. The van der Waals surface area contributed by atoms with Crippen LogP contribution in [0.2, 0.25) is 0 Å². The van der Waals surface area contributed by atoms with E-state index in [9.17, 15) is 0 Å². The summed E-state index contributed by atoms with van der Waals surface area (Å²) in [5.41, 5.74) is 2.33. The van der Waals surface area contributed by atoms with Gasteiger partial charge in [0.05, 0.1) is 0 Å². The molecule has 4 aliphatic rings. The maximum Gasteiger partial charge on any atom is 0.126 e. The molecule has 0 aliphatic heterocycles. The zero-order valence-electron chi connectivity index (χ0n) is 25.1. The van der Waals surface area contributed by atoms with E-state index in [2.05, 4.69) is 26.0 Å². The average Bonchev–Trinajstić information content (AvgIpc) is 2.98. The molecule has 0 amide bonds. The predicted octanol–water partition coefficient (Wildman–Crippen LogP) is 12.0. The summed E-state index contributed by atoms with van der Waals surface area (Å²) in [5.74, 6) is 6.97. The zero-order chi connectivity index (χ0) is 26.3. The molecule has 0 saturated heterocycles. The minimum atomic E-state index is 0.109. The van der Waals surface area contributed by atoms with Gasteiger partial charge in [0, 0.05) is 0 Å². The van der Waals surface area contributed by atoms with Crippen molar-refractivity contribution in [2.24, 2.45) is 35.5 Å². The first-order chi connectivity index (χ1) is 18.6. The van der Waals surface area contributed by atoms with E-state index in [0.29, 0.717) is 11.8 Å². The molecular formula is C37H59F. The molecule has 0 spiro atoms. The second-order valence-corrected chi connectivity index (χ2v) is 14.5. The molecule has 1 aromatic carbocycles. The van der Waals surface area contributed by atoms with E-state index in [1.54, 1.807) is 0 Å². The third-order valence-corrected chi connectivity index (χ3v) is 12.4. The van der Waals surface area contributed by atoms with E-state index in [0.717, 1.165) is 41.1 Å². The SMILES string of the molecule is CCCCCC1CCC([C@H]2CC[C@H](c3ccc(C4CCC([C@H]5CC[C@H](CC)CC5)CC4)c(F)c3)CC2)CC1. The molecule has 0 unspecified atom stereocenters. The second-order valence-electron chi connectivity index (χ2n) is 14.5. The minimum Gasteiger partial charge on any atom is -0.207 e. The van der Waals surface area contributed by atoms with Gasteiger partial charge in [-0.05, 0) is 142 Å². The summed E-state index contributed by atoms with van der Waals surface area (Å²) < 4.78 is 15.4. The molecule has 214 valence electrons. The van der Waals surface area contributed by atoms with Crippen molar-refractivity contribution in [1.82, 2.24) is 0 Å². The summed E-state index contributed by atoms with van der Waals surface area (Å²) in [6.07, 6.45) is 29.3. The van der Waals surface area contributed by atoms with E-state index < -0.39 is 0 Å². The van der Waals surface area contributed by atoms with Crippen LogP contribution in [0.1, 0.15) is 172 Å². The van der Waals surface area contributed by atoms with Gasteiger partial charge in [-0.2, -0.15) is 0 Å². The normalized spacial score (nSPS) is 36.7. The number of benzene rings is 1. The molecule has 4 fully saturated rings. The number of hydrogen-bond acceptors (Lipinski definition) is 0. The lowest BCUT2D eigenvalue weighted by Crippen LogP contribution is -2.26. The van der Waals surface area contributed by atoms with Crippen molar-refractivity contribution in [2.75, 3.05) is 0 Å². The van der Waals surface area contributed by atoms with Gasteiger partial charge in [0.25, 0.3) is 0 Å². The zero-order valence-corrected chi connectivity index (χ0v) is 25.1. The Labute approximate surface area is 235 Å². The van der Waals surface area contributed by atoms with Gasteiger partial charge in [-0.15, -0.1) is 0 Å². The van der Waals surface area contributed by atoms with Gasteiger partial charge >= 0.3 is 0 Å². The van der Waals surface area contributed by atoms with Crippen molar-refractivity contribution in [3.05, 3.63) is 35.1 Å². The van der Waals surface area contributed by atoms with E-state index >= 15 is 4.39 Å². The molecule has 5 rings (SSSR count). The highest BCUT2D eigenvalue weighted by Crippen LogP contribution is 2.47. The van der Waals surface area contributed by atoms with Gasteiger partial charge in [0.2, 0.25) is 0 Å². The standard InChI is InChI=1S/C37H59F/c1-3-5-6-7-28-10-14-30(15-11-28)31-16-18-33(19-17-31)35-24-25-36(37(38)26-35)34-22-20-32(21-23-34)29-12-8-27(4-2)9-13-29/h24-34H,3-23H2,1-2H3/t27-,28?,29-,30?,31-,32?,33-,34?. The quantitative estimate of drug-likeness (QED) is 0.283. The molecule has 4 aliphatic carbocycles. The first kappa shape index (κ1) is 28.7. The van der Waals surface area contributed by atoms with Crippen molar-refractivity contribution < 1.29 is 4.39 Å². The topological polar surface area (TPSA) is 0 Å². The van der Waals surface area contributed by atoms with Crippen LogP contribution in [0.3, 0.4) is 0 Å². The lowest BCUT2D eigenvalue weighted by Gasteiger charge is -2.38. The highest BCUT2D eigenvalue weighted by Gasteiger charge is 2.33. The van der Waals surface area contributed by atoms with Crippen LogP contribution in [0.5, 0.6) is 0 Å². The summed E-state index contributed by atoms with van der Waals surface area (Å²) in [6.45, 7) is 4.68. The Balaban J connectivity index is 1.06. The van der Waals surface area contributed by atoms with Crippen LogP contribution < -0.4 is 0 Å². The summed E-state index contributed by atoms with van der Waals surface area (Å²) in [4.78, 5) is 0. The highest BCUT2D eigenvalue weighted by atomic mass is 19.1. The summed E-state index contributed by atoms with van der Waals surface area (Å²) >= 11 is 0. The second kappa shape index (κ2) is 14.2. The molecule has 0 nitrogen and oxygen atoms in total. The number of halogens is 1. The molecule has 4 saturated carbocycles. The van der Waals surface area contributed by atoms with E-state index in [-0.39, 0.29) is 5.82 Å². The van der Waals surface area contributed by atoms with Gasteiger partial charge in [0.1, 0.15) is 5.82 Å². The largest absolute Gasteiger partial charge is 0.207 e. The average molecular weight is 523 g/mol. The fraction of sp³-hybridized carbons (Fsp3) is 0.838. The van der Waals surface area contributed by atoms with E-state index in [4.69, 9.17) is 0 Å². The van der Waals surface area contributed by atoms with Gasteiger partial charge in [-0.3, -0.25) is 0 Å². The van der Waals surface area contributed by atoms with Gasteiger partial charge in [0.15, 0.2) is 0 Å². The van der Waals surface area contributed by atoms with Crippen molar-refractivity contribution in [1.29, 1.82) is 0 Å².